The molecule has 1 N–H and O–H groups in total. The lowest BCUT2D eigenvalue weighted by molar-refractivity contribution is -0.139. The number of aromatic nitrogens is 1. The Kier molecular flexibility index (Phi) is 2.93. The van der Waals surface area contributed by atoms with Crippen molar-refractivity contribution in [2.45, 2.75) is 24.5 Å². The molecule has 19 heavy (non-hydrogen) atoms. The van der Waals surface area contributed by atoms with E-state index in [2.05, 4.69) is 5.11 Å². The van der Waals surface area contributed by atoms with Gasteiger partial charge in [-0.1, -0.05) is 0 Å². The number of aryl methyl sites for hydroxylation is 1. The van der Waals surface area contributed by atoms with Crippen LogP contribution in [0.1, 0.15) is 18.8 Å². The molecule has 0 aromatic carbocycles. The summed E-state index contributed by atoms with van der Waals surface area (Å²) in [5, 5.41) is 3.65. The van der Waals surface area contributed by atoms with Crippen LogP contribution < -0.4 is 5.56 Å². The molecule has 1 atom stereocenters. The lowest BCUT2D eigenvalue weighted by Crippen LogP contribution is -2.44. The second-order valence-electron chi connectivity index (χ2n) is 3.88. The summed E-state index contributed by atoms with van der Waals surface area (Å²) in [5.74, 6) is -1.79. The van der Waals surface area contributed by atoms with Crippen LogP contribution in [-0.2, 0) is 21.1 Å². The topological polar surface area (TPSA) is 93.4 Å². The van der Waals surface area contributed by atoms with Crippen LogP contribution in [-0.4, -0.2) is 35.1 Å². The summed E-state index contributed by atoms with van der Waals surface area (Å²) in [4.78, 5) is 23.9. The zero-order chi connectivity index (χ0) is 19.1. The number of nitrogens with zero attached hydrogens (tertiary/aromatic N) is 1. The fourth-order valence-corrected chi connectivity index (χ4v) is 1.97. The smallest absolute Gasteiger partial charge is 0.324 e. The molecular weight excluding hydrogens is 385 g/mol. The highest BCUT2D eigenvalue weighted by Gasteiger charge is 2.43. The van der Waals surface area contributed by atoms with Crippen LogP contribution in [0.25, 0.3) is 1.43 Å². The molecule has 0 fully saturated rings. The summed E-state index contributed by atoms with van der Waals surface area (Å²) in [6.45, 7) is -2.62. The summed E-state index contributed by atoms with van der Waals surface area (Å²) in [6, 6.07) is 2.34. The fraction of sp³-hybridized carbons (Fsp3) is 0.455. The number of halogens is 1. The highest BCUT2D eigenvalue weighted by atomic mass is 127. The second-order valence-corrected chi connectivity index (χ2v) is 7.49. The number of hydrogen-bond donors (Lipinski definition) is 1. The minimum Gasteiger partial charge on any atom is -0.480 e. The Morgan fingerprint density at radius 3 is 2.79 bits per heavy atom. The predicted molar refractivity (Wildman–Crippen MR) is 78.9 cm³/mol. The van der Waals surface area contributed by atoms with Gasteiger partial charge in [0, 0.05) is 34.1 Å². The lowest BCUT2D eigenvalue weighted by Gasteiger charge is -2.22. The van der Waals surface area contributed by atoms with E-state index in [1.165, 1.54) is 6.07 Å². The van der Waals surface area contributed by atoms with E-state index < -0.39 is 39.0 Å². The standard InChI is InChI=1S/C11H14INO5S/c1-11(10(15)16,19(2,17)18)4-6-13-5-3-8(12)7-9(13)14/h3,5,7H,4,6H2,1-2H3,(H,15,16)/t11-/m1/s1/i4T2,6T2/hT. The van der Waals surface area contributed by atoms with E-state index in [1.807, 2.05) is 0 Å². The van der Waals surface area contributed by atoms with Crippen molar-refractivity contribution in [2.24, 2.45) is 0 Å². The van der Waals surface area contributed by atoms with Crippen LogP contribution >= 0.6 is 22.6 Å². The maximum absolute atomic E-state index is 12.0. The molecule has 0 saturated carbocycles. The van der Waals surface area contributed by atoms with Crippen molar-refractivity contribution in [1.29, 1.82) is 1.43 Å². The summed E-state index contributed by atoms with van der Waals surface area (Å²) in [6.07, 6.45) is -1.96. The maximum Gasteiger partial charge on any atom is 0.324 e. The minimum absolute atomic E-state index is 0.357. The number of rotatable bonds is 5. The van der Waals surface area contributed by atoms with Crippen LogP contribution in [0.3, 0.4) is 0 Å². The average molecular weight is 409 g/mol. The molecule has 1 heterocycles. The molecule has 6 nitrogen and oxygen atoms in total. The highest BCUT2D eigenvalue weighted by Crippen LogP contribution is 2.21. The first-order valence-electron chi connectivity index (χ1n) is 7.31. The van der Waals surface area contributed by atoms with E-state index in [0.29, 0.717) is 21.3 Å². The number of hydrogen-bond acceptors (Lipinski definition) is 5. The monoisotopic (exact) mass is 409 g/mol. The van der Waals surface area contributed by atoms with Gasteiger partial charge in [-0.3, -0.25) is 9.59 Å². The summed E-state index contributed by atoms with van der Waals surface area (Å²) < 4.78 is 60.5. The number of carbonyl (C=O) groups is 1. The number of pyridine rings is 1. The highest BCUT2D eigenvalue weighted by molar-refractivity contribution is 14.1. The summed E-state index contributed by atoms with van der Waals surface area (Å²) in [7, 11) is -4.57. The summed E-state index contributed by atoms with van der Waals surface area (Å²) >= 11 is 1.79. The third-order valence-corrected chi connectivity index (χ3v) is 4.85. The SMILES string of the molecule is [3H]OC(=O)[C@@](C)(C([3H])([3H])C([3H])([3H])n1ccc(I)cc1=O)S(C)(=O)=O. The molecule has 106 valence electrons. The second kappa shape index (κ2) is 5.61. The third kappa shape index (κ3) is 3.56. The molecular formula is C11H14INO5S. The first-order valence-corrected chi connectivity index (χ1v) is 7.87. The van der Waals surface area contributed by atoms with Crippen LogP contribution in [0, 0.1) is 3.57 Å². The first kappa shape index (κ1) is 9.92. The normalized spacial score (nSPS) is 20.1. The van der Waals surface area contributed by atoms with Gasteiger partial charge in [0.15, 0.2) is 14.6 Å². The lowest BCUT2D eigenvalue weighted by atomic mass is 10.1. The van der Waals surface area contributed by atoms with Crippen molar-refractivity contribution >= 4 is 38.4 Å². The summed E-state index contributed by atoms with van der Waals surface area (Å²) in [5.41, 5.74) is -0.925. The van der Waals surface area contributed by atoms with Crippen LogP contribution in [0.15, 0.2) is 23.1 Å². The predicted octanol–water partition coefficient (Wildman–Crippen LogP) is 0.731. The van der Waals surface area contributed by atoms with Crippen molar-refractivity contribution in [1.82, 2.24) is 4.57 Å². The molecule has 1 aromatic rings. The average Bonchev–Trinajstić information content (AvgIpc) is 2.43. The van der Waals surface area contributed by atoms with E-state index in [-0.39, 0.29) is 0 Å². The van der Waals surface area contributed by atoms with E-state index in [9.17, 15) is 18.0 Å². The van der Waals surface area contributed by atoms with Crippen molar-refractivity contribution in [3.05, 3.63) is 32.3 Å². The quantitative estimate of drug-likeness (QED) is 0.724. The Morgan fingerprint density at radius 1 is 1.68 bits per heavy atom. The molecule has 0 saturated heterocycles. The molecule has 0 unspecified atom stereocenters. The molecule has 0 aliphatic rings. The molecule has 1 aromatic heterocycles. The van der Waals surface area contributed by atoms with Crippen LogP contribution in [0.4, 0.5) is 0 Å². The van der Waals surface area contributed by atoms with Gasteiger partial charge < -0.3 is 9.68 Å². The Balaban J connectivity index is 3.76. The van der Waals surface area contributed by atoms with E-state index >= 15 is 0 Å². The van der Waals surface area contributed by atoms with Gasteiger partial charge in [0.2, 0.25) is 0 Å². The van der Waals surface area contributed by atoms with Crippen molar-refractivity contribution in [3.8, 4) is 0 Å². The van der Waals surface area contributed by atoms with Gasteiger partial charge in [-0.2, -0.15) is 0 Å². The molecule has 0 spiro atoms. The van der Waals surface area contributed by atoms with E-state index in [0.717, 1.165) is 12.3 Å². The Morgan fingerprint density at radius 2 is 2.32 bits per heavy atom. The fourth-order valence-electron chi connectivity index (χ4n) is 1.01. The number of sulfone groups is 1. The Labute approximate surface area is 131 Å². The van der Waals surface area contributed by atoms with Crippen LogP contribution in [0.2, 0.25) is 0 Å². The van der Waals surface area contributed by atoms with Crippen molar-refractivity contribution < 1.29 is 23.8 Å². The van der Waals surface area contributed by atoms with Gasteiger partial charge in [0.25, 0.3) is 6.99 Å². The number of aliphatic carboxylic acids is 1. The molecule has 0 aliphatic carbocycles. The molecule has 0 bridgehead atoms. The Hall–Kier alpha value is -0.900. The van der Waals surface area contributed by atoms with E-state index in [4.69, 9.17) is 6.91 Å². The van der Waals surface area contributed by atoms with Gasteiger partial charge in [0.05, 0.1) is 0 Å². The number of carboxylic acids is 1. The largest absolute Gasteiger partial charge is 0.480 e. The van der Waals surface area contributed by atoms with Gasteiger partial charge in [-0.25, -0.2) is 8.42 Å². The molecule has 8 heteroatoms. The zero-order valence-electron chi connectivity index (χ0n) is 15.0. The van der Waals surface area contributed by atoms with Crippen molar-refractivity contribution in [2.75, 3.05) is 6.26 Å². The molecule has 0 amide bonds. The number of carboxylic acid groups (broad SMARTS) is 1. The zero-order valence-corrected chi connectivity index (χ0v) is 13.0. The first-order chi connectivity index (χ1) is 10.6. The molecule has 0 radical (unpaired) electrons. The Bertz CT molecular complexity index is 824. The van der Waals surface area contributed by atoms with Gasteiger partial charge in [0.1, 0.15) is 0 Å². The van der Waals surface area contributed by atoms with Gasteiger partial charge in [-0.15, -0.1) is 0 Å². The molecule has 1 rings (SSSR count). The van der Waals surface area contributed by atoms with Gasteiger partial charge >= 0.3 is 5.97 Å². The van der Waals surface area contributed by atoms with E-state index in [1.54, 1.807) is 22.6 Å². The van der Waals surface area contributed by atoms with Crippen LogP contribution in [0.5, 0.6) is 0 Å². The molecule has 0 aliphatic heterocycles. The minimum atomic E-state index is -4.57. The van der Waals surface area contributed by atoms with Crippen molar-refractivity contribution in [3.63, 3.8) is 0 Å². The van der Waals surface area contributed by atoms with Gasteiger partial charge in [-0.05, 0) is 42.0 Å². The maximum atomic E-state index is 12.0. The third-order valence-electron chi connectivity index (χ3n) is 2.43.